The number of hydrogen-bond donors (Lipinski definition) is 2. The average molecular weight is 375 g/mol. The van der Waals surface area contributed by atoms with Crippen LogP contribution in [-0.2, 0) is 34.1 Å². The van der Waals surface area contributed by atoms with Crippen molar-refractivity contribution >= 4 is 16.0 Å². The van der Waals surface area contributed by atoms with E-state index in [0.29, 0.717) is 0 Å². The first-order chi connectivity index (χ1) is 12.4. The number of sulfonamides is 1. The van der Waals surface area contributed by atoms with Gasteiger partial charge < -0.3 is 9.84 Å². The maximum absolute atomic E-state index is 12.9. The minimum Gasteiger partial charge on any atom is -0.495 e. The van der Waals surface area contributed by atoms with Crippen LogP contribution in [0.3, 0.4) is 0 Å². The van der Waals surface area contributed by atoms with Gasteiger partial charge in [-0.25, -0.2) is 8.42 Å². The van der Waals surface area contributed by atoms with E-state index in [-0.39, 0.29) is 17.1 Å². The molecule has 26 heavy (non-hydrogen) atoms. The lowest BCUT2D eigenvalue weighted by Crippen LogP contribution is -2.42. The largest absolute Gasteiger partial charge is 0.495 e. The summed E-state index contributed by atoms with van der Waals surface area (Å²) in [6.07, 6.45) is 2.74. The maximum atomic E-state index is 12.9. The molecule has 6 nitrogen and oxygen atoms in total. The molecule has 0 fully saturated rings. The standard InChI is InChI=1S/C19H21NO5S/c1-25-17-11-14-8-5-9-15(14)12-18(17)26(23,24)20-16(19(21)22)10-13-6-3-2-4-7-13/h2-4,6-7,11-12,16,20H,5,8-10H2,1H3,(H,21,22)/t16-/m0/s1. The summed E-state index contributed by atoms with van der Waals surface area (Å²) in [4.78, 5) is 11.6. The minimum atomic E-state index is -4.04. The van der Waals surface area contributed by atoms with Gasteiger partial charge in [0.05, 0.1) is 7.11 Å². The van der Waals surface area contributed by atoms with Crippen LogP contribution in [0.25, 0.3) is 0 Å². The molecule has 1 aliphatic rings. The smallest absolute Gasteiger partial charge is 0.322 e. The Kier molecular flexibility index (Phi) is 5.29. The van der Waals surface area contributed by atoms with Crippen molar-refractivity contribution in [3.63, 3.8) is 0 Å². The molecule has 0 radical (unpaired) electrons. The Balaban J connectivity index is 1.90. The molecule has 0 amide bonds. The maximum Gasteiger partial charge on any atom is 0.322 e. The first kappa shape index (κ1) is 18.4. The number of nitrogens with one attached hydrogen (secondary N) is 1. The molecule has 0 aromatic heterocycles. The number of hydrogen-bond acceptors (Lipinski definition) is 4. The number of carbonyl (C=O) groups is 1. The van der Waals surface area contributed by atoms with Crippen LogP contribution in [0.15, 0.2) is 47.4 Å². The zero-order chi connectivity index (χ0) is 18.7. The second-order valence-corrected chi connectivity index (χ2v) is 8.01. The lowest BCUT2D eigenvalue weighted by molar-refractivity contribution is -0.138. The Morgan fingerprint density at radius 3 is 2.46 bits per heavy atom. The fourth-order valence-electron chi connectivity index (χ4n) is 3.23. The number of carboxylic acids is 1. The number of aryl methyl sites for hydroxylation is 2. The number of benzene rings is 2. The summed E-state index contributed by atoms with van der Waals surface area (Å²) >= 11 is 0. The van der Waals surface area contributed by atoms with Gasteiger partial charge in [0.15, 0.2) is 0 Å². The third kappa shape index (κ3) is 3.89. The van der Waals surface area contributed by atoms with Crippen LogP contribution < -0.4 is 9.46 Å². The van der Waals surface area contributed by atoms with Crippen LogP contribution in [0.4, 0.5) is 0 Å². The van der Waals surface area contributed by atoms with E-state index in [9.17, 15) is 18.3 Å². The number of carboxylic acid groups (broad SMARTS) is 1. The van der Waals surface area contributed by atoms with Gasteiger partial charge in [0, 0.05) is 0 Å². The molecule has 0 heterocycles. The predicted octanol–water partition coefficient (Wildman–Crippen LogP) is 2.16. The molecule has 0 saturated heterocycles. The molecule has 0 spiro atoms. The number of aliphatic carboxylic acids is 1. The van der Waals surface area contributed by atoms with Crippen LogP contribution >= 0.6 is 0 Å². The normalized spacial score (nSPS) is 14.7. The van der Waals surface area contributed by atoms with Gasteiger partial charge in [-0.1, -0.05) is 30.3 Å². The van der Waals surface area contributed by atoms with E-state index in [1.54, 1.807) is 36.4 Å². The van der Waals surface area contributed by atoms with Gasteiger partial charge in [0.2, 0.25) is 10.0 Å². The Labute approximate surface area is 152 Å². The lowest BCUT2D eigenvalue weighted by atomic mass is 10.1. The molecular weight excluding hydrogens is 354 g/mol. The summed E-state index contributed by atoms with van der Waals surface area (Å²) < 4.78 is 33.3. The third-order valence-corrected chi connectivity index (χ3v) is 6.04. The second kappa shape index (κ2) is 7.47. The van der Waals surface area contributed by atoms with E-state index in [2.05, 4.69) is 4.72 Å². The highest BCUT2D eigenvalue weighted by Crippen LogP contribution is 2.32. The fourth-order valence-corrected chi connectivity index (χ4v) is 4.62. The number of methoxy groups -OCH3 is 1. The summed E-state index contributed by atoms with van der Waals surface area (Å²) in [6.45, 7) is 0. The molecule has 138 valence electrons. The molecule has 7 heteroatoms. The molecular formula is C19H21NO5S. The summed E-state index contributed by atoms with van der Waals surface area (Å²) in [5, 5.41) is 9.47. The van der Waals surface area contributed by atoms with E-state index in [0.717, 1.165) is 36.0 Å². The van der Waals surface area contributed by atoms with Gasteiger partial charge >= 0.3 is 5.97 Å². The zero-order valence-electron chi connectivity index (χ0n) is 14.4. The summed E-state index contributed by atoms with van der Waals surface area (Å²) in [5.74, 6) is -0.987. The molecule has 0 saturated carbocycles. The molecule has 2 aromatic carbocycles. The average Bonchev–Trinajstić information content (AvgIpc) is 3.08. The van der Waals surface area contributed by atoms with Crippen molar-refractivity contribution in [1.82, 2.24) is 4.72 Å². The fraction of sp³-hybridized carbons (Fsp3) is 0.316. The molecule has 2 N–H and O–H groups in total. The van der Waals surface area contributed by atoms with Crippen molar-refractivity contribution in [2.24, 2.45) is 0 Å². The van der Waals surface area contributed by atoms with Crippen LogP contribution in [0.5, 0.6) is 5.75 Å². The third-order valence-electron chi connectivity index (χ3n) is 4.55. The highest BCUT2D eigenvalue weighted by molar-refractivity contribution is 7.89. The topological polar surface area (TPSA) is 92.7 Å². The predicted molar refractivity (Wildman–Crippen MR) is 96.9 cm³/mol. The van der Waals surface area contributed by atoms with E-state index in [4.69, 9.17) is 4.74 Å². The summed E-state index contributed by atoms with van der Waals surface area (Å²) in [6, 6.07) is 11.0. The van der Waals surface area contributed by atoms with Crippen LogP contribution in [0, 0.1) is 0 Å². The first-order valence-electron chi connectivity index (χ1n) is 8.39. The SMILES string of the molecule is COc1cc2c(cc1S(=O)(=O)N[C@@H](Cc1ccccc1)C(=O)O)CCC2. The van der Waals surface area contributed by atoms with Gasteiger partial charge in [0.1, 0.15) is 16.7 Å². The van der Waals surface area contributed by atoms with Gasteiger partial charge in [0.25, 0.3) is 0 Å². The van der Waals surface area contributed by atoms with E-state index < -0.39 is 22.0 Å². The Morgan fingerprint density at radius 1 is 1.19 bits per heavy atom. The van der Waals surface area contributed by atoms with Crippen molar-refractivity contribution in [1.29, 1.82) is 0 Å². The summed E-state index contributed by atoms with van der Waals surface area (Å²) in [5.41, 5.74) is 2.80. The zero-order valence-corrected chi connectivity index (χ0v) is 15.3. The molecule has 1 atom stereocenters. The quantitative estimate of drug-likeness (QED) is 0.774. The first-order valence-corrected chi connectivity index (χ1v) is 9.88. The molecule has 0 bridgehead atoms. The Bertz CT molecular complexity index is 909. The van der Waals surface area contributed by atoms with Crippen molar-refractivity contribution in [3.05, 3.63) is 59.2 Å². The van der Waals surface area contributed by atoms with E-state index >= 15 is 0 Å². The number of fused-ring (bicyclic) bond motifs is 1. The molecule has 3 rings (SSSR count). The van der Waals surface area contributed by atoms with Crippen LogP contribution in [0.1, 0.15) is 23.1 Å². The molecule has 1 aliphatic carbocycles. The number of rotatable bonds is 7. The van der Waals surface area contributed by atoms with E-state index in [1.165, 1.54) is 7.11 Å². The van der Waals surface area contributed by atoms with Crippen molar-refractivity contribution in [2.45, 2.75) is 36.6 Å². The van der Waals surface area contributed by atoms with Crippen molar-refractivity contribution in [3.8, 4) is 5.75 Å². The Morgan fingerprint density at radius 2 is 1.85 bits per heavy atom. The van der Waals surface area contributed by atoms with Crippen molar-refractivity contribution in [2.75, 3.05) is 7.11 Å². The van der Waals surface area contributed by atoms with Gasteiger partial charge in [-0.3, -0.25) is 4.79 Å². The Hall–Kier alpha value is -2.38. The van der Waals surface area contributed by atoms with Crippen LogP contribution in [0.2, 0.25) is 0 Å². The highest BCUT2D eigenvalue weighted by Gasteiger charge is 2.29. The number of ether oxygens (including phenoxy) is 1. The highest BCUT2D eigenvalue weighted by atomic mass is 32.2. The molecule has 0 aliphatic heterocycles. The van der Waals surface area contributed by atoms with Crippen molar-refractivity contribution < 1.29 is 23.1 Å². The second-order valence-electron chi connectivity index (χ2n) is 6.33. The van der Waals surface area contributed by atoms with Gasteiger partial charge in [-0.05, 0) is 54.5 Å². The summed E-state index contributed by atoms with van der Waals surface area (Å²) in [7, 11) is -2.63. The monoisotopic (exact) mass is 375 g/mol. The molecule has 0 unspecified atom stereocenters. The van der Waals surface area contributed by atoms with E-state index in [1.807, 2.05) is 6.07 Å². The van der Waals surface area contributed by atoms with Crippen LogP contribution in [-0.4, -0.2) is 32.6 Å². The lowest BCUT2D eigenvalue weighted by Gasteiger charge is -2.17. The minimum absolute atomic E-state index is 0.0139. The van der Waals surface area contributed by atoms with Gasteiger partial charge in [-0.2, -0.15) is 4.72 Å². The van der Waals surface area contributed by atoms with Gasteiger partial charge in [-0.15, -0.1) is 0 Å². The molecule has 2 aromatic rings.